The number of urea groups is 1. The molecule has 2 amide bonds. The van der Waals surface area contributed by atoms with E-state index in [1.54, 1.807) is 4.90 Å². The second kappa shape index (κ2) is 4.84. The Labute approximate surface area is 88.2 Å². The topological polar surface area (TPSA) is 23.6 Å². The maximum absolute atomic E-state index is 11.5. The summed E-state index contributed by atoms with van der Waals surface area (Å²) in [6, 6.07) is 0.180. The average Bonchev–Trinajstić information content (AvgIpc) is 2.45. The minimum atomic E-state index is 0.180. The van der Waals surface area contributed by atoms with Crippen molar-refractivity contribution in [3.63, 3.8) is 0 Å². The fourth-order valence-electron chi connectivity index (χ4n) is 1.47. The fourth-order valence-corrected chi connectivity index (χ4v) is 2.13. The Balaban J connectivity index is 2.41. The van der Waals surface area contributed by atoms with E-state index < -0.39 is 0 Å². The van der Waals surface area contributed by atoms with Crippen LogP contribution in [0.4, 0.5) is 4.79 Å². The minimum Gasteiger partial charge on any atom is -0.326 e. The van der Waals surface area contributed by atoms with Gasteiger partial charge >= 0.3 is 6.03 Å². The third-order valence-corrected chi connectivity index (χ3v) is 3.49. The molecule has 0 spiro atoms. The summed E-state index contributed by atoms with van der Waals surface area (Å²) in [5.74, 6) is 0.593. The molecule has 0 saturated carbocycles. The predicted octanol–water partition coefficient (Wildman–Crippen LogP) is 1.77. The molecule has 0 aromatic rings. The second-order valence-corrected chi connectivity index (χ2v) is 4.23. The maximum atomic E-state index is 11.5. The number of hydrogen-bond acceptors (Lipinski definition) is 1. The molecule has 0 N–H and O–H groups in total. The highest BCUT2D eigenvalue weighted by molar-refractivity contribution is 9.09. The zero-order chi connectivity index (χ0) is 9.84. The van der Waals surface area contributed by atoms with Gasteiger partial charge in [-0.3, -0.25) is 0 Å². The van der Waals surface area contributed by atoms with E-state index in [0.29, 0.717) is 5.92 Å². The van der Waals surface area contributed by atoms with E-state index in [9.17, 15) is 4.79 Å². The Bertz CT molecular complexity index is 182. The molecule has 13 heavy (non-hydrogen) atoms. The number of likely N-dealkylation sites (N-methyl/N-ethyl adjacent to an activating group) is 1. The van der Waals surface area contributed by atoms with Crippen LogP contribution in [0.25, 0.3) is 0 Å². The van der Waals surface area contributed by atoms with Crippen molar-refractivity contribution in [2.24, 2.45) is 5.92 Å². The first kappa shape index (κ1) is 10.8. The minimum absolute atomic E-state index is 0.180. The monoisotopic (exact) mass is 248 g/mol. The number of carbonyl (C=O) groups excluding carboxylic acids is 1. The van der Waals surface area contributed by atoms with Gasteiger partial charge in [0.25, 0.3) is 0 Å². The molecular weight excluding hydrogens is 232 g/mol. The number of alkyl halides is 1. The van der Waals surface area contributed by atoms with Crippen molar-refractivity contribution < 1.29 is 4.79 Å². The van der Waals surface area contributed by atoms with Gasteiger partial charge in [-0.25, -0.2) is 4.79 Å². The molecule has 3 nitrogen and oxygen atoms in total. The molecule has 0 radical (unpaired) electrons. The van der Waals surface area contributed by atoms with Gasteiger partial charge < -0.3 is 9.80 Å². The molecule has 0 aromatic heterocycles. The Morgan fingerprint density at radius 2 is 2.23 bits per heavy atom. The molecule has 0 bridgehead atoms. The van der Waals surface area contributed by atoms with Crippen molar-refractivity contribution in [1.82, 2.24) is 9.80 Å². The lowest BCUT2D eigenvalue weighted by Crippen LogP contribution is -2.33. The van der Waals surface area contributed by atoms with Crippen LogP contribution >= 0.6 is 15.9 Å². The summed E-state index contributed by atoms with van der Waals surface area (Å²) in [4.78, 5) is 15.2. The van der Waals surface area contributed by atoms with E-state index in [1.165, 1.54) is 0 Å². The lowest BCUT2D eigenvalue weighted by atomic mass is 10.1. The summed E-state index contributed by atoms with van der Waals surface area (Å²) in [5.41, 5.74) is 0. The van der Waals surface area contributed by atoms with Gasteiger partial charge in [-0.15, -0.1) is 0 Å². The summed E-state index contributed by atoms with van der Waals surface area (Å²) in [6.07, 6.45) is 1.12. The molecule has 1 aliphatic heterocycles. The number of hydrogen-bond donors (Lipinski definition) is 0. The summed E-state index contributed by atoms with van der Waals surface area (Å²) >= 11 is 3.47. The van der Waals surface area contributed by atoms with Gasteiger partial charge in [0.2, 0.25) is 0 Å². The van der Waals surface area contributed by atoms with Gasteiger partial charge in [0.1, 0.15) is 0 Å². The van der Waals surface area contributed by atoms with Crippen LogP contribution in [0.5, 0.6) is 0 Å². The summed E-state index contributed by atoms with van der Waals surface area (Å²) in [6.45, 7) is 4.82. The highest BCUT2D eigenvalue weighted by Crippen LogP contribution is 2.13. The summed E-state index contributed by atoms with van der Waals surface area (Å²) < 4.78 is 0. The number of rotatable bonds is 4. The maximum Gasteiger partial charge on any atom is 0.319 e. The molecule has 1 fully saturated rings. The van der Waals surface area contributed by atoms with E-state index in [2.05, 4.69) is 22.9 Å². The van der Waals surface area contributed by atoms with Gasteiger partial charge in [-0.1, -0.05) is 29.3 Å². The van der Waals surface area contributed by atoms with Crippen LogP contribution in [0.1, 0.15) is 13.3 Å². The van der Waals surface area contributed by atoms with E-state index in [-0.39, 0.29) is 6.03 Å². The molecule has 1 aliphatic rings. The van der Waals surface area contributed by atoms with Crippen molar-refractivity contribution >= 4 is 22.0 Å². The van der Waals surface area contributed by atoms with Crippen LogP contribution in [-0.4, -0.2) is 47.8 Å². The smallest absolute Gasteiger partial charge is 0.319 e. The van der Waals surface area contributed by atoms with Gasteiger partial charge in [0.15, 0.2) is 0 Å². The van der Waals surface area contributed by atoms with Gasteiger partial charge in [-0.2, -0.15) is 0 Å². The van der Waals surface area contributed by atoms with Crippen molar-refractivity contribution in [1.29, 1.82) is 0 Å². The Morgan fingerprint density at radius 1 is 1.54 bits per heavy atom. The van der Waals surface area contributed by atoms with Crippen LogP contribution in [-0.2, 0) is 0 Å². The molecule has 0 aliphatic carbocycles. The third-order valence-electron chi connectivity index (χ3n) is 2.58. The van der Waals surface area contributed by atoms with Gasteiger partial charge in [-0.05, 0) is 5.92 Å². The van der Waals surface area contributed by atoms with Crippen molar-refractivity contribution in [3.8, 4) is 0 Å². The summed E-state index contributed by atoms with van der Waals surface area (Å²) in [7, 11) is 1.86. The number of amides is 2. The van der Waals surface area contributed by atoms with E-state index in [4.69, 9.17) is 0 Å². The zero-order valence-electron chi connectivity index (χ0n) is 8.29. The van der Waals surface area contributed by atoms with Crippen molar-refractivity contribution in [2.45, 2.75) is 13.3 Å². The lowest BCUT2D eigenvalue weighted by Gasteiger charge is -2.20. The third kappa shape index (κ3) is 2.59. The van der Waals surface area contributed by atoms with E-state index in [1.807, 2.05) is 11.9 Å². The standard InChI is InChI=1S/C9H17BrN2O/c1-3-8(6-10)7-12-5-4-11(2)9(12)13/h8H,3-7H2,1-2H3. The Kier molecular flexibility index (Phi) is 4.03. The zero-order valence-corrected chi connectivity index (χ0v) is 9.88. The molecule has 1 rings (SSSR count). The normalized spacial score (nSPS) is 19.8. The van der Waals surface area contributed by atoms with Gasteiger partial charge in [0, 0.05) is 32.0 Å². The molecule has 4 heteroatoms. The van der Waals surface area contributed by atoms with Crippen LogP contribution in [0.2, 0.25) is 0 Å². The molecule has 1 unspecified atom stereocenters. The largest absolute Gasteiger partial charge is 0.326 e. The fraction of sp³-hybridized carbons (Fsp3) is 0.889. The molecule has 1 atom stereocenters. The van der Waals surface area contributed by atoms with Crippen LogP contribution in [0.15, 0.2) is 0 Å². The lowest BCUT2D eigenvalue weighted by molar-refractivity contribution is 0.193. The SMILES string of the molecule is CCC(CBr)CN1CCN(C)C1=O. The quantitative estimate of drug-likeness (QED) is 0.696. The molecule has 1 saturated heterocycles. The van der Waals surface area contributed by atoms with E-state index in [0.717, 1.165) is 31.4 Å². The average molecular weight is 249 g/mol. The number of carbonyl (C=O) groups is 1. The molecular formula is C9H17BrN2O. The highest BCUT2D eigenvalue weighted by Gasteiger charge is 2.26. The predicted molar refractivity (Wildman–Crippen MR) is 57.2 cm³/mol. The number of halogens is 1. The van der Waals surface area contributed by atoms with Crippen LogP contribution in [0, 0.1) is 5.92 Å². The van der Waals surface area contributed by atoms with Crippen LogP contribution in [0.3, 0.4) is 0 Å². The number of nitrogens with zero attached hydrogens (tertiary/aromatic N) is 2. The molecule has 76 valence electrons. The molecule has 1 heterocycles. The first-order valence-corrected chi connectivity index (χ1v) is 5.87. The molecule has 0 aromatic carbocycles. The Morgan fingerprint density at radius 3 is 2.62 bits per heavy atom. The second-order valence-electron chi connectivity index (χ2n) is 3.58. The first-order chi connectivity index (χ1) is 6.19. The van der Waals surface area contributed by atoms with Crippen molar-refractivity contribution in [2.75, 3.05) is 32.0 Å². The van der Waals surface area contributed by atoms with Crippen LogP contribution < -0.4 is 0 Å². The Hall–Kier alpha value is -0.250. The van der Waals surface area contributed by atoms with E-state index >= 15 is 0 Å². The van der Waals surface area contributed by atoms with Crippen molar-refractivity contribution in [3.05, 3.63) is 0 Å². The summed E-state index contributed by atoms with van der Waals surface area (Å²) in [5, 5.41) is 0.983. The van der Waals surface area contributed by atoms with Gasteiger partial charge in [0.05, 0.1) is 0 Å². The highest BCUT2D eigenvalue weighted by atomic mass is 79.9. The first-order valence-electron chi connectivity index (χ1n) is 4.75.